The number of carbonyl (C=O) groups excluding carboxylic acids is 1. The molecule has 0 spiro atoms. The van der Waals surface area contributed by atoms with Gasteiger partial charge in [-0.2, -0.15) is 0 Å². The zero-order valence-electron chi connectivity index (χ0n) is 11.9. The molecule has 2 rings (SSSR count). The Morgan fingerprint density at radius 3 is 2.76 bits per heavy atom. The Morgan fingerprint density at radius 2 is 2.14 bits per heavy atom. The summed E-state index contributed by atoms with van der Waals surface area (Å²) in [7, 11) is -3.05. The first kappa shape index (κ1) is 15.8. The molecule has 1 aromatic carbocycles. The van der Waals surface area contributed by atoms with Gasteiger partial charge in [0, 0.05) is 13.1 Å². The van der Waals surface area contributed by atoms with E-state index in [9.17, 15) is 17.6 Å². The second-order valence-electron chi connectivity index (χ2n) is 5.28. The number of hydrogen-bond donors (Lipinski definition) is 2. The maximum Gasteiger partial charge on any atom is 0.315 e. The molecule has 1 atom stereocenters. The van der Waals surface area contributed by atoms with Gasteiger partial charge in [-0.15, -0.1) is 0 Å². The normalized spacial score (nSPS) is 20.2. The van der Waals surface area contributed by atoms with Crippen LogP contribution in [0, 0.1) is 12.7 Å². The molecule has 5 nitrogen and oxygen atoms in total. The van der Waals surface area contributed by atoms with Gasteiger partial charge in [0.25, 0.3) is 0 Å². The first-order valence-corrected chi connectivity index (χ1v) is 8.58. The van der Waals surface area contributed by atoms with E-state index < -0.39 is 21.1 Å². The van der Waals surface area contributed by atoms with Crippen LogP contribution in [0.1, 0.15) is 24.0 Å². The minimum absolute atomic E-state index is 0.121. The van der Waals surface area contributed by atoms with Gasteiger partial charge in [0.15, 0.2) is 9.84 Å². The molecule has 0 saturated carbocycles. The van der Waals surface area contributed by atoms with Crippen LogP contribution < -0.4 is 10.6 Å². The second kappa shape index (κ2) is 6.43. The summed E-state index contributed by atoms with van der Waals surface area (Å²) in [6.45, 7) is 1.98. The van der Waals surface area contributed by atoms with Crippen molar-refractivity contribution in [2.75, 3.05) is 12.3 Å². The molecule has 0 aromatic heterocycles. The minimum Gasteiger partial charge on any atom is -0.337 e. The van der Waals surface area contributed by atoms with Crippen LogP contribution in [0.25, 0.3) is 0 Å². The van der Waals surface area contributed by atoms with Crippen LogP contribution in [0.15, 0.2) is 18.2 Å². The number of halogens is 1. The zero-order valence-corrected chi connectivity index (χ0v) is 12.7. The zero-order chi connectivity index (χ0) is 15.5. The van der Waals surface area contributed by atoms with E-state index in [2.05, 4.69) is 10.6 Å². The van der Waals surface area contributed by atoms with Gasteiger partial charge in [-0.25, -0.2) is 17.6 Å². The molecule has 1 aromatic rings. The molecule has 1 aliphatic heterocycles. The van der Waals surface area contributed by atoms with Gasteiger partial charge in [0.2, 0.25) is 0 Å². The fraction of sp³-hybridized carbons (Fsp3) is 0.500. The molecular formula is C14H19FN2O3S. The Hall–Kier alpha value is -1.63. The maximum absolute atomic E-state index is 13.3. The first-order chi connectivity index (χ1) is 9.88. The smallest absolute Gasteiger partial charge is 0.315 e. The molecule has 1 heterocycles. The highest BCUT2D eigenvalue weighted by Crippen LogP contribution is 2.18. The van der Waals surface area contributed by atoms with Crippen LogP contribution in [0.2, 0.25) is 0 Å². The number of carbonyl (C=O) groups is 1. The van der Waals surface area contributed by atoms with Crippen LogP contribution in [-0.2, 0) is 16.4 Å². The quantitative estimate of drug-likeness (QED) is 0.884. The highest BCUT2D eigenvalue weighted by atomic mass is 32.2. The van der Waals surface area contributed by atoms with Gasteiger partial charge in [0.05, 0.1) is 11.0 Å². The third-order valence-corrected chi connectivity index (χ3v) is 5.92. The minimum atomic E-state index is -3.05. The van der Waals surface area contributed by atoms with Crippen LogP contribution in [0.3, 0.4) is 0 Å². The van der Waals surface area contributed by atoms with Crippen LogP contribution >= 0.6 is 0 Å². The van der Waals surface area contributed by atoms with Crippen molar-refractivity contribution in [1.82, 2.24) is 10.6 Å². The van der Waals surface area contributed by atoms with E-state index in [4.69, 9.17) is 0 Å². The number of nitrogens with one attached hydrogen (secondary N) is 2. The van der Waals surface area contributed by atoms with Gasteiger partial charge >= 0.3 is 6.03 Å². The number of sulfone groups is 1. The first-order valence-electron chi connectivity index (χ1n) is 6.87. The number of hydrogen-bond acceptors (Lipinski definition) is 3. The Morgan fingerprint density at radius 1 is 1.38 bits per heavy atom. The van der Waals surface area contributed by atoms with Crippen molar-refractivity contribution < 1.29 is 17.6 Å². The van der Waals surface area contributed by atoms with Crippen molar-refractivity contribution in [3.05, 3.63) is 35.1 Å². The van der Waals surface area contributed by atoms with Crippen molar-refractivity contribution in [2.24, 2.45) is 0 Å². The van der Waals surface area contributed by atoms with E-state index in [0.717, 1.165) is 0 Å². The number of amides is 2. The van der Waals surface area contributed by atoms with E-state index in [0.29, 0.717) is 24.0 Å². The Kier molecular flexibility index (Phi) is 4.82. The highest BCUT2D eigenvalue weighted by Gasteiger charge is 2.31. The van der Waals surface area contributed by atoms with Gasteiger partial charge < -0.3 is 10.6 Å². The van der Waals surface area contributed by atoms with E-state index in [1.807, 2.05) is 0 Å². The van der Waals surface area contributed by atoms with Gasteiger partial charge in [0.1, 0.15) is 5.82 Å². The molecule has 2 N–H and O–H groups in total. The third-order valence-electron chi connectivity index (χ3n) is 3.64. The van der Waals surface area contributed by atoms with Crippen molar-refractivity contribution in [3.63, 3.8) is 0 Å². The molecule has 1 fully saturated rings. The van der Waals surface area contributed by atoms with Crippen molar-refractivity contribution in [2.45, 2.75) is 31.6 Å². The summed E-state index contributed by atoms with van der Waals surface area (Å²) in [6.07, 6.45) is 1.24. The van der Waals surface area contributed by atoms with E-state index >= 15 is 0 Å². The van der Waals surface area contributed by atoms with Crippen molar-refractivity contribution in [1.29, 1.82) is 0 Å². The Bertz CT molecular complexity index is 631. The molecule has 0 unspecified atom stereocenters. The SMILES string of the molecule is Cc1ccc(CNC(=O)NC[C@@H]2CCCS2(=O)=O)cc1F. The molecule has 21 heavy (non-hydrogen) atoms. The van der Waals surface area contributed by atoms with Crippen LogP contribution in [-0.4, -0.2) is 32.0 Å². The number of rotatable bonds is 4. The molecule has 2 amide bonds. The molecule has 1 saturated heterocycles. The molecule has 1 aliphatic rings. The topological polar surface area (TPSA) is 75.3 Å². The molecule has 7 heteroatoms. The summed E-state index contributed by atoms with van der Waals surface area (Å²) in [4.78, 5) is 11.6. The highest BCUT2D eigenvalue weighted by molar-refractivity contribution is 7.92. The molecule has 0 bridgehead atoms. The van der Waals surface area contributed by atoms with Gasteiger partial charge in [-0.3, -0.25) is 0 Å². The maximum atomic E-state index is 13.3. The lowest BCUT2D eigenvalue weighted by Crippen LogP contribution is -2.40. The summed E-state index contributed by atoms with van der Waals surface area (Å²) in [6, 6.07) is 4.31. The fourth-order valence-electron chi connectivity index (χ4n) is 2.29. The number of urea groups is 1. The van der Waals surface area contributed by atoms with Gasteiger partial charge in [-0.1, -0.05) is 12.1 Å². The molecular weight excluding hydrogens is 295 g/mol. The lowest BCUT2D eigenvalue weighted by molar-refractivity contribution is 0.240. The van der Waals surface area contributed by atoms with E-state index in [1.165, 1.54) is 6.07 Å². The predicted molar refractivity (Wildman–Crippen MR) is 78.2 cm³/mol. The van der Waals surface area contributed by atoms with E-state index in [-0.39, 0.29) is 24.7 Å². The van der Waals surface area contributed by atoms with Crippen molar-refractivity contribution >= 4 is 15.9 Å². The largest absolute Gasteiger partial charge is 0.337 e. The monoisotopic (exact) mass is 314 g/mol. The Balaban J connectivity index is 1.78. The van der Waals surface area contributed by atoms with Crippen molar-refractivity contribution in [3.8, 4) is 0 Å². The van der Waals surface area contributed by atoms with Crippen LogP contribution in [0.5, 0.6) is 0 Å². The average Bonchev–Trinajstić information content (AvgIpc) is 2.76. The van der Waals surface area contributed by atoms with Crippen LogP contribution in [0.4, 0.5) is 9.18 Å². The lowest BCUT2D eigenvalue weighted by atomic mass is 10.1. The molecule has 0 aliphatic carbocycles. The Labute approximate surface area is 123 Å². The standard InChI is InChI=1S/C14H19FN2O3S/c1-10-4-5-11(7-13(10)15)8-16-14(18)17-9-12-3-2-6-21(12,19)20/h4-5,7,12H,2-3,6,8-9H2,1H3,(H2,16,17,18)/t12-/m0/s1. The lowest BCUT2D eigenvalue weighted by Gasteiger charge is -2.12. The fourth-order valence-corrected chi connectivity index (χ4v) is 4.05. The summed E-state index contributed by atoms with van der Waals surface area (Å²) >= 11 is 0. The molecule has 0 radical (unpaired) electrons. The molecule has 116 valence electrons. The van der Waals surface area contributed by atoms with E-state index in [1.54, 1.807) is 19.1 Å². The predicted octanol–water partition coefficient (Wildman–Crippen LogP) is 1.51. The summed E-state index contributed by atoms with van der Waals surface area (Å²) < 4.78 is 36.6. The number of benzene rings is 1. The summed E-state index contributed by atoms with van der Waals surface area (Å²) in [5, 5.41) is 4.65. The summed E-state index contributed by atoms with van der Waals surface area (Å²) in [5.41, 5.74) is 1.20. The average molecular weight is 314 g/mol. The second-order valence-corrected chi connectivity index (χ2v) is 7.68. The van der Waals surface area contributed by atoms with Gasteiger partial charge in [-0.05, 0) is 37.0 Å². The third kappa shape index (κ3) is 4.17. The summed E-state index contributed by atoms with van der Waals surface area (Å²) in [5.74, 6) is -0.115. The number of aryl methyl sites for hydroxylation is 1.